The summed E-state index contributed by atoms with van der Waals surface area (Å²) in [6, 6.07) is 8.01. The van der Waals surface area contributed by atoms with Gasteiger partial charge in [-0.25, -0.2) is 0 Å². The lowest BCUT2D eigenvalue weighted by atomic mass is 10.1. The molecule has 1 aromatic rings. The smallest absolute Gasteiger partial charge is 0.227 e. The first kappa shape index (κ1) is 15.0. The Morgan fingerprint density at radius 2 is 1.94 bits per heavy atom. The van der Waals surface area contributed by atoms with Crippen LogP contribution in [0.15, 0.2) is 24.3 Å². The van der Waals surface area contributed by atoms with Crippen LogP contribution >= 0.6 is 11.6 Å². The molecule has 0 fully saturated rings. The molecule has 1 rings (SSSR count). The highest BCUT2D eigenvalue weighted by Crippen LogP contribution is 2.06. The van der Waals surface area contributed by atoms with Gasteiger partial charge in [0.15, 0.2) is 0 Å². The highest BCUT2D eigenvalue weighted by atomic mass is 35.5. The van der Waals surface area contributed by atoms with Crippen LogP contribution in [0.25, 0.3) is 0 Å². The van der Waals surface area contributed by atoms with Crippen LogP contribution < -0.4 is 0 Å². The van der Waals surface area contributed by atoms with Crippen LogP contribution in [0.4, 0.5) is 0 Å². The predicted molar refractivity (Wildman–Crippen MR) is 74.1 cm³/mol. The maximum Gasteiger partial charge on any atom is 0.227 e. The zero-order chi connectivity index (χ0) is 13.4. The minimum absolute atomic E-state index is 0.0940. The molecule has 3 nitrogen and oxygen atoms in total. The molecular weight excluding hydrogens is 250 g/mol. The highest BCUT2D eigenvalue weighted by Gasteiger charge is 2.13. The molecule has 0 aliphatic carbocycles. The number of methoxy groups -OCH3 is 1. The molecule has 100 valence electrons. The third kappa shape index (κ3) is 5.07. The predicted octanol–water partition coefficient (Wildman–Crippen LogP) is 2.25. The van der Waals surface area contributed by atoms with Gasteiger partial charge in [-0.2, -0.15) is 0 Å². The van der Waals surface area contributed by atoms with Crippen molar-refractivity contribution in [3.05, 3.63) is 35.4 Å². The van der Waals surface area contributed by atoms with E-state index in [1.54, 1.807) is 12.0 Å². The summed E-state index contributed by atoms with van der Waals surface area (Å²) in [4.78, 5) is 13.9. The van der Waals surface area contributed by atoms with Crippen LogP contribution in [0.3, 0.4) is 0 Å². The van der Waals surface area contributed by atoms with Crippen molar-refractivity contribution in [2.45, 2.75) is 13.3 Å². The van der Waals surface area contributed by atoms with Crippen molar-refractivity contribution >= 4 is 17.5 Å². The number of rotatable bonds is 7. The summed E-state index contributed by atoms with van der Waals surface area (Å²) in [5.41, 5.74) is 2.23. The Hall–Kier alpha value is -1.06. The summed E-state index contributed by atoms with van der Waals surface area (Å²) in [7, 11) is 1.63. The molecule has 0 radical (unpaired) electrons. The number of hydrogen-bond donors (Lipinski definition) is 0. The van der Waals surface area contributed by atoms with Crippen molar-refractivity contribution in [2.24, 2.45) is 0 Å². The number of benzene rings is 1. The molecular formula is C14H20ClNO2. The van der Waals surface area contributed by atoms with E-state index in [1.165, 1.54) is 5.56 Å². The van der Waals surface area contributed by atoms with Gasteiger partial charge < -0.3 is 9.64 Å². The number of carbonyl (C=O) groups excluding carboxylic acids is 1. The second-order valence-corrected chi connectivity index (χ2v) is 4.60. The van der Waals surface area contributed by atoms with Gasteiger partial charge >= 0.3 is 0 Å². The van der Waals surface area contributed by atoms with Gasteiger partial charge in [0.05, 0.1) is 13.0 Å². The summed E-state index contributed by atoms with van der Waals surface area (Å²) >= 11 is 5.71. The minimum atomic E-state index is 0.0940. The molecule has 0 saturated heterocycles. The van der Waals surface area contributed by atoms with Crippen molar-refractivity contribution < 1.29 is 9.53 Å². The first-order valence-corrected chi connectivity index (χ1v) is 6.59. The van der Waals surface area contributed by atoms with E-state index in [0.29, 0.717) is 32.0 Å². The lowest BCUT2D eigenvalue weighted by Crippen LogP contribution is -2.36. The summed E-state index contributed by atoms with van der Waals surface area (Å²) in [6.45, 7) is 3.73. The minimum Gasteiger partial charge on any atom is -0.383 e. The first-order valence-electron chi connectivity index (χ1n) is 6.05. The molecule has 0 aromatic heterocycles. The van der Waals surface area contributed by atoms with E-state index in [0.717, 1.165) is 5.56 Å². The standard InChI is InChI=1S/C14H20ClNO2/c1-12-3-5-13(6-4-12)11-14(17)16(8-7-15)9-10-18-2/h3-6H,7-11H2,1-2H3. The Bertz CT molecular complexity index is 365. The molecule has 18 heavy (non-hydrogen) atoms. The maximum atomic E-state index is 12.1. The van der Waals surface area contributed by atoms with Crippen LogP contribution in [0.2, 0.25) is 0 Å². The Kier molecular flexibility index (Phi) is 6.76. The molecule has 0 N–H and O–H groups in total. The van der Waals surface area contributed by atoms with Gasteiger partial charge in [0.25, 0.3) is 0 Å². The van der Waals surface area contributed by atoms with Crippen molar-refractivity contribution in [1.29, 1.82) is 0 Å². The molecule has 0 unspecified atom stereocenters. The summed E-state index contributed by atoms with van der Waals surface area (Å²) in [5, 5.41) is 0. The van der Waals surface area contributed by atoms with E-state index >= 15 is 0 Å². The van der Waals surface area contributed by atoms with Gasteiger partial charge in [0.1, 0.15) is 0 Å². The second kappa shape index (κ2) is 8.11. The topological polar surface area (TPSA) is 29.5 Å². The fourth-order valence-electron chi connectivity index (χ4n) is 1.66. The number of aryl methyl sites for hydroxylation is 1. The number of amides is 1. The first-order chi connectivity index (χ1) is 8.67. The molecule has 1 amide bonds. The molecule has 0 saturated carbocycles. The zero-order valence-corrected chi connectivity index (χ0v) is 11.7. The Morgan fingerprint density at radius 1 is 1.28 bits per heavy atom. The summed E-state index contributed by atoms with van der Waals surface area (Å²) in [5.74, 6) is 0.542. The van der Waals surface area contributed by atoms with Crippen LogP contribution in [-0.4, -0.2) is 43.5 Å². The van der Waals surface area contributed by atoms with Crippen LogP contribution in [0, 0.1) is 6.92 Å². The Balaban J connectivity index is 2.57. The molecule has 4 heteroatoms. The van der Waals surface area contributed by atoms with Gasteiger partial charge in [-0.1, -0.05) is 29.8 Å². The zero-order valence-electron chi connectivity index (χ0n) is 11.0. The van der Waals surface area contributed by atoms with E-state index in [2.05, 4.69) is 0 Å². The fraction of sp³-hybridized carbons (Fsp3) is 0.500. The lowest BCUT2D eigenvalue weighted by Gasteiger charge is -2.21. The number of hydrogen-bond acceptors (Lipinski definition) is 2. The number of alkyl halides is 1. The van der Waals surface area contributed by atoms with Gasteiger partial charge in [0.2, 0.25) is 5.91 Å². The molecule has 1 aromatic carbocycles. The quantitative estimate of drug-likeness (QED) is 0.711. The van der Waals surface area contributed by atoms with E-state index in [1.807, 2.05) is 31.2 Å². The SMILES string of the molecule is COCCN(CCCl)C(=O)Cc1ccc(C)cc1. The van der Waals surface area contributed by atoms with E-state index < -0.39 is 0 Å². The van der Waals surface area contributed by atoms with Crippen LogP contribution in [-0.2, 0) is 16.0 Å². The van der Waals surface area contributed by atoms with Crippen LogP contribution in [0.5, 0.6) is 0 Å². The van der Waals surface area contributed by atoms with Gasteiger partial charge in [-0.3, -0.25) is 4.79 Å². The lowest BCUT2D eigenvalue weighted by molar-refractivity contribution is -0.130. The normalized spacial score (nSPS) is 10.4. The van der Waals surface area contributed by atoms with Crippen molar-refractivity contribution in [2.75, 3.05) is 32.7 Å². The van der Waals surface area contributed by atoms with Crippen molar-refractivity contribution in [3.8, 4) is 0 Å². The van der Waals surface area contributed by atoms with Gasteiger partial charge in [-0.05, 0) is 12.5 Å². The molecule has 0 bridgehead atoms. The monoisotopic (exact) mass is 269 g/mol. The number of nitrogens with zero attached hydrogens (tertiary/aromatic N) is 1. The molecule has 0 spiro atoms. The number of ether oxygens (including phenoxy) is 1. The Morgan fingerprint density at radius 3 is 2.50 bits per heavy atom. The van der Waals surface area contributed by atoms with E-state index in [-0.39, 0.29) is 5.91 Å². The third-order valence-corrected chi connectivity index (χ3v) is 2.92. The van der Waals surface area contributed by atoms with Gasteiger partial charge in [0, 0.05) is 26.1 Å². The molecule has 0 heterocycles. The fourth-order valence-corrected chi connectivity index (χ4v) is 1.86. The highest BCUT2D eigenvalue weighted by molar-refractivity contribution is 6.18. The van der Waals surface area contributed by atoms with E-state index in [9.17, 15) is 4.79 Å². The average molecular weight is 270 g/mol. The molecule has 0 aliphatic heterocycles. The molecule has 0 aliphatic rings. The van der Waals surface area contributed by atoms with Crippen molar-refractivity contribution in [1.82, 2.24) is 4.90 Å². The van der Waals surface area contributed by atoms with Crippen molar-refractivity contribution in [3.63, 3.8) is 0 Å². The summed E-state index contributed by atoms with van der Waals surface area (Å²) < 4.78 is 5.00. The third-order valence-electron chi connectivity index (χ3n) is 2.75. The average Bonchev–Trinajstić information content (AvgIpc) is 2.37. The largest absolute Gasteiger partial charge is 0.383 e. The molecule has 0 atom stereocenters. The number of halogens is 1. The maximum absolute atomic E-state index is 12.1. The summed E-state index contributed by atoms with van der Waals surface area (Å²) in [6.07, 6.45) is 0.418. The Labute approximate surface area is 114 Å². The van der Waals surface area contributed by atoms with Crippen LogP contribution in [0.1, 0.15) is 11.1 Å². The van der Waals surface area contributed by atoms with E-state index in [4.69, 9.17) is 16.3 Å². The van der Waals surface area contributed by atoms with Gasteiger partial charge in [-0.15, -0.1) is 11.6 Å². The second-order valence-electron chi connectivity index (χ2n) is 4.22. The number of carbonyl (C=O) groups is 1.